The summed E-state index contributed by atoms with van der Waals surface area (Å²) in [5.74, 6) is -0.923. The number of benzene rings is 2. The number of carbonyl (C=O) groups is 2. The molecule has 138 valence electrons. The van der Waals surface area contributed by atoms with E-state index in [1.807, 2.05) is 26.0 Å². The topological polar surface area (TPSA) is 55.4 Å². The summed E-state index contributed by atoms with van der Waals surface area (Å²) in [4.78, 5) is 24.7. The maximum absolute atomic E-state index is 12.4. The molecule has 2 rings (SSSR count). The number of hydrogen-bond donors (Lipinski definition) is 1. The van der Waals surface area contributed by atoms with Crippen LogP contribution in [0.2, 0.25) is 10.0 Å². The minimum absolute atomic E-state index is 0.353. The molecule has 0 saturated carbocycles. The van der Waals surface area contributed by atoms with Gasteiger partial charge in [-0.1, -0.05) is 47.0 Å². The highest BCUT2D eigenvalue weighted by Gasteiger charge is 2.22. The lowest BCUT2D eigenvalue weighted by atomic mass is 10.1. The van der Waals surface area contributed by atoms with E-state index in [1.165, 1.54) is 6.92 Å². The lowest BCUT2D eigenvalue weighted by Gasteiger charge is -2.19. The van der Waals surface area contributed by atoms with Crippen molar-refractivity contribution in [3.05, 3.63) is 68.7 Å². The summed E-state index contributed by atoms with van der Waals surface area (Å²) in [5.41, 5.74) is 2.94. The normalized spacial score (nSPS) is 13.0. The summed E-state index contributed by atoms with van der Waals surface area (Å²) in [7, 11) is 0. The molecule has 2 atom stereocenters. The van der Waals surface area contributed by atoms with Crippen molar-refractivity contribution in [3.8, 4) is 0 Å². The van der Waals surface area contributed by atoms with Gasteiger partial charge in [-0.25, -0.2) is 4.79 Å². The third-order valence-corrected chi connectivity index (χ3v) is 4.62. The highest BCUT2D eigenvalue weighted by atomic mass is 35.5. The third-order valence-electron chi connectivity index (χ3n) is 4.05. The number of hydrogen-bond acceptors (Lipinski definition) is 3. The van der Waals surface area contributed by atoms with E-state index in [1.54, 1.807) is 31.2 Å². The van der Waals surface area contributed by atoms with Crippen molar-refractivity contribution in [1.29, 1.82) is 0 Å². The Labute approximate surface area is 163 Å². The van der Waals surface area contributed by atoms with Crippen LogP contribution in [0.15, 0.2) is 36.4 Å². The first-order valence-electron chi connectivity index (χ1n) is 8.22. The molecule has 0 aromatic heterocycles. The van der Waals surface area contributed by atoms with Crippen LogP contribution in [0.25, 0.3) is 0 Å². The first kappa shape index (κ1) is 20.3. The van der Waals surface area contributed by atoms with E-state index in [0.717, 1.165) is 16.7 Å². The Morgan fingerprint density at radius 2 is 1.73 bits per heavy atom. The highest BCUT2D eigenvalue weighted by Crippen LogP contribution is 2.26. The average molecular weight is 394 g/mol. The second-order valence-corrected chi connectivity index (χ2v) is 7.11. The molecule has 26 heavy (non-hydrogen) atoms. The van der Waals surface area contributed by atoms with Gasteiger partial charge < -0.3 is 10.1 Å². The maximum Gasteiger partial charge on any atom is 0.339 e. The molecule has 0 unspecified atom stereocenters. The van der Waals surface area contributed by atoms with Crippen molar-refractivity contribution in [2.45, 2.75) is 39.8 Å². The fraction of sp³-hybridized carbons (Fsp3) is 0.300. The van der Waals surface area contributed by atoms with Crippen molar-refractivity contribution in [3.63, 3.8) is 0 Å². The summed E-state index contributed by atoms with van der Waals surface area (Å²) < 4.78 is 5.32. The van der Waals surface area contributed by atoms with Crippen LogP contribution in [0.3, 0.4) is 0 Å². The predicted octanol–water partition coefficient (Wildman–Crippen LogP) is 5.03. The Balaban J connectivity index is 2.02. The number of ether oxygens (including phenoxy) is 1. The van der Waals surface area contributed by atoms with Crippen LogP contribution in [-0.2, 0) is 9.53 Å². The highest BCUT2D eigenvalue weighted by molar-refractivity contribution is 6.35. The molecule has 0 heterocycles. The Bertz CT molecular complexity index is 836. The van der Waals surface area contributed by atoms with Crippen molar-refractivity contribution in [1.82, 2.24) is 5.32 Å². The van der Waals surface area contributed by atoms with E-state index in [4.69, 9.17) is 27.9 Å². The molecule has 0 saturated heterocycles. The van der Waals surface area contributed by atoms with E-state index in [9.17, 15) is 9.59 Å². The lowest BCUT2D eigenvalue weighted by Crippen LogP contribution is -2.37. The van der Waals surface area contributed by atoms with Crippen LogP contribution in [-0.4, -0.2) is 18.0 Å². The van der Waals surface area contributed by atoms with E-state index in [-0.39, 0.29) is 6.04 Å². The number of nitrogens with one attached hydrogen (secondary N) is 1. The monoisotopic (exact) mass is 393 g/mol. The molecule has 1 N–H and O–H groups in total. The second kappa shape index (κ2) is 8.56. The van der Waals surface area contributed by atoms with Gasteiger partial charge in [0.1, 0.15) is 0 Å². The van der Waals surface area contributed by atoms with Crippen LogP contribution in [0.4, 0.5) is 0 Å². The zero-order chi connectivity index (χ0) is 19.4. The molecule has 2 aromatic rings. The smallest absolute Gasteiger partial charge is 0.339 e. The summed E-state index contributed by atoms with van der Waals surface area (Å²) in [6, 6.07) is 10.2. The SMILES string of the molecule is Cc1ccc(C)c(C(=O)O[C@@H](C)C(=O)N[C@@H](C)c2ccc(Cl)cc2Cl)c1. The minimum atomic E-state index is -0.934. The first-order valence-corrected chi connectivity index (χ1v) is 8.98. The van der Waals surface area contributed by atoms with Crippen LogP contribution >= 0.6 is 23.2 Å². The van der Waals surface area contributed by atoms with Crippen molar-refractivity contribution >= 4 is 35.1 Å². The van der Waals surface area contributed by atoms with Gasteiger partial charge in [0.2, 0.25) is 0 Å². The number of esters is 1. The third kappa shape index (κ3) is 4.99. The molecule has 0 fully saturated rings. The fourth-order valence-electron chi connectivity index (χ4n) is 2.49. The van der Waals surface area contributed by atoms with Gasteiger partial charge >= 0.3 is 5.97 Å². The van der Waals surface area contributed by atoms with E-state index >= 15 is 0 Å². The Morgan fingerprint density at radius 1 is 1.04 bits per heavy atom. The lowest BCUT2D eigenvalue weighted by molar-refractivity contribution is -0.129. The summed E-state index contributed by atoms with van der Waals surface area (Å²) in [6.07, 6.45) is -0.934. The molecule has 0 radical (unpaired) electrons. The van der Waals surface area contributed by atoms with E-state index < -0.39 is 18.0 Å². The van der Waals surface area contributed by atoms with E-state index in [0.29, 0.717) is 15.6 Å². The van der Waals surface area contributed by atoms with Crippen molar-refractivity contribution in [2.75, 3.05) is 0 Å². The molecule has 1 amide bonds. The van der Waals surface area contributed by atoms with Crippen LogP contribution in [0, 0.1) is 13.8 Å². The van der Waals surface area contributed by atoms with Crippen molar-refractivity contribution < 1.29 is 14.3 Å². The fourth-order valence-corrected chi connectivity index (χ4v) is 3.07. The van der Waals surface area contributed by atoms with Gasteiger partial charge in [0, 0.05) is 10.0 Å². The summed E-state index contributed by atoms with van der Waals surface area (Å²) >= 11 is 12.1. The van der Waals surface area contributed by atoms with Gasteiger partial charge in [-0.15, -0.1) is 0 Å². The number of carbonyl (C=O) groups excluding carboxylic acids is 2. The minimum Gasteiger partial charge on any atom is -0.449 e. The number of halogens is 2. The number of amides is 1. The first-order chi connectivity index (χ1) is 12.2. The van der Waals surface area contributed by atoms with E-state index in [2.05, 4.69) is 5.32 Å². The van der Waals surface area contributed by atoms with Crippen LogP contribution < -0.4 is 5.32 Å². The standard InChI is InChI=1S/C20H21Cl2NO3/c1-11-5-6-12(2)17(9-11)20(25)26-14(4)19(24)23-13(3)16-8-7-15(21)10-18(16)22/h5-10,13-14H,1-4H3,(H,23,24)/t13-,14-/m0/s1. The van der Waals surface area contributed by atoms with Gasteiger partial charge in [-0.3, -0.25) is 4.79 Å². The number of rotatable bonds is 5. The molecular weight excluding hydrogens is 373 g/mol. The molecule has 0 aliphatic rings. The summed E-state index contributed by atoms with van der Waals surface area (Å²) in [5, 5.41) is 3.78. The van der Waals surface area contributed by atoms with Crippen molar-refractivity contribution in [2.24, 2.45) is 0 Å². The van der Waals surface area contributed by atoms with Crippen LogP contribution in [0.1, 0.15) is 46.9 Å². The molecule has 6 heteroatoms. The molecule has 0 aliphatic carbocycles. The average Bonchev–Trinajstić information content (AvgIpc) is 2.56. The Morgan fingerprint density at radius 3 is 2.38 bits per heavy atom. The second-order valence-electron chi connectivity index (χ2n) is 6.26. The molecule has 0 spiro atoms. The predicted molar refractivity (Wildman–Crippen MR) is 104 cm³/mol. The maximum atomic E-state index is 12.4. The Hall–Kier alpha value is -2.04. The summed E-state index contributed by atoms with van der Waals surface area (Å²) in [6.45, 7) is 7.05. The quantitative estimate of drug-likeness (QED) is 0.724. The molecule has 0 bridgehead atoms. The Kier molecular flexibility index (Phi) is 6.68. The zero-order valence-corrected chi connectivity index (χ0v) is 16.6. The van der Waals surface area contributed by atoms with Gasteiger partial charge in [0.15, 0.2) is 6.10 Å². The van der Waals surface area contributed by atoms with Crippen LogP contribution in [0.5, 0.6) is 0 Å². The zero-order valence-electron chi connectivity index (χ0n) is 15.1. The van der Waals surface area contributed by atoms with Gasteiger partial charge in [-0.2, -0.15) is 0 Å². The molecule has 2 aromatic carbocycles. The molecule has 4 nitrogen and oxygen atoms in total. The van der Waals surface area contributed by atoms with Gasteiger partial charge in [-0.05, 0) is 57.0 Å². The van der Waals surface area contributed by atoms with Gasteiger partial charge in [0.25, 0.3) is 5.91 Å². The molecular formula is C20H21Cl2NO3. The van der Waals surface area contributed by atoms with Gasteiger partial charge in [0.05, 0.1) is 11.6 Å². The number of aryl methyl sites for hydroxylation is 2. The largest absolute Gasteiger partial charge is 0.449 e. The molecule has 0 aliphatic heterocycles.